The summed E-state index contributed by atoms with van der Waals surface area (Å²) in [5.41, 5.74) is 2.92. The molecule has 2 aliphatic heterocycles. The molecule has 4 rings (SSSR count). The van der Waals surface area contributed by atoms with E-state index in [4.69, 9.17) is 25.4 Å². The molecular formula is C18H23F2N5O8S. The average molecular weight is 507 g/mol. The van der Waals surface area contributed by atoms with Crippen molar-refractivity contribution >= 4 is 17.6 Å². The molecule has 2 aromatic heterocycles. The van der Waals surface area contributed by atoms with Crippen LogP contribution in [-0.2, 0) is 9.47 Å². The van der Waals surface area contributed by atoms with Crippen LogP contribution < -0.4 is 22.7 Å². The van der Waals surface area contributed by atoms with Crippen molar-refractivity contribution < 1.29 is 33.6 Å². The first-order chi connectivity index (χ1) is 16.1. The minimum Gasteiger partial charge on any atom is -0.394 e. The van der Waals surface area contributed by atoms with Gasteiger partial charge in [0, 0.05) is 17.5 Å². The highest BCUT2D eigenvalue weighted by molar-refractivity contribution is 8.00. The molecule has 6 N–H and O–H groups in total. The molecule has 0 bridgehead atoms. The number of H-pyrrole nitrogens is 1. The molecule has 34 heavy (non-hydrogen) atoms. The monoisotopic (exact) mass is 507 g/mol. The maximum Gasteiger partial charge on any atom is 0.351 e. The van der Waals surface area contributed by atoms with Crippen LogP contribution in [0.4, 0.5) is 14.6 Å². The summed E-state index contributed by atoms with van der Waals surface area (Å²) in [6, 6.07) is 0. The molecule has 4 heterocycles. The van der Waals surface area contributed by atoms with Crippen LogP contribution in [0.2, 0.25) is 0 Å². The highest BCUT2D eigenvalue weighted by Gasteiger charge is 2.45. The van der Waals surface area contributed by atoms with E-state index in [2.05, 4.69) is 4.98 Å². The predicted octanol–water partition coefficient (Wildman–Crippen LogP) is -2.02. The van der Waals surface area contributed by atoms with Gasteiger partial charge < -0.3 is 30.5 Å². The molecular weight excluding hydrogens is 484 g/mol. The Hall–Kier alpha value is -2.63. The van der Waals surface area contributed by atoms with Crippen molar-refractivity contribution in [1.82, 2.24) is 19.1 Å². The third-order valence-corrected chi connectivity index (χ3v) is 6.13. The van der Waals surface area contributed by atoms with Gasteiger partial charge in [-0.3, -0.25) is 18.9 Å². The SMILES string of the molecule is Cc1cn([C@H]2O[C@@H](CO)[C@H](O)[C@H]2F)c(=O)[nH]c1=O.Nc1nc(=O)n([C@H]2CS[C@@H](CO)O2)cc1F. The number of nitrogens with zero attached hydrogens (tertiary/aromatic N) is 3. The Bertz CT molecular complexity index is 1190. The number of aryl methyl sites for hydroxylation is 1. The van der Waals surface area contributed by atoms with Gasteiger partial charge in [0.1, 0.15) is 23.9 Å². The summed E-state index contributed by atoms with van der Waals surface area (Å²) in [4.78, 5) is 39.5. The minimum atomic E-state index is -1.86. The Morgan fingerprint density at radius 2 is 1.94 bits per heavy atom. The second-order valence-electron chi connectivity index (χ2n) is 7.36. The highest BCUT2D eigenvalue weighted by Crippen LogP contribution is 2.31. The first-order valence-electron chi connectivity index (χ1n) is 9.90. The number of aliphatic hydroxyl groups is 3. The van der Waals surface area contributed by atoms with Crippen LogP contribution in [0.3, 0.4) is 0 Å². The first-order valence-corrected chi connectivity index (χ1v) is 10.9. The van der Waals surface area contributed by atoms with Crippen molar-refractivity contribution in [3.05, 3.63) is 55.1 Å². The van der Waals surface area contributed by atoms with Gasteiger partial charge in [-0.2, -0.15) is 4.98 Å². The molecule has 0 spiro atoms. The van der Waals surface area contributed by atoms with Crippen LogP contribution in [0, 0.1) is 12.7 Å². The molecule has 2 fully saturated rings. The van der Waals surface area contributed by atoms with Crippen LogP contribution in [0.1, 0.15) is 18.0 Å². The van der Waals surface area contributed by atoms with Gasteiger partial charge >= 0.3 is 11.4 Å². The van der Waals surface area contributed by atoms with E-state index in [0.29, 0.717) is 5.75 Å². The molecule has 0 saturated carbocycles. The molecule has 0 unspecified atom stereocenters. The Morgan fingerprint density at radius 1 is 1.24 bits per heavy atom. The van der Waals surface area contributed by atoms with Gasteiger partial charge in [0.05, 0.1) is 19.4 Å². The number of hydrogen-bond donors (Lipinski definition) is 5. The Morgan fingerprint density at radius 3 is 2.53 bits per heavy atom. The number of halogens is 2. The van der Waals surface area contributed by atoms with Crippen molar-refractivity contribution in [3.8, 4) is 0 Å². The standard InChI is InChI=1S/C10H13FN2O5.C8H10FN3O3S/c1-4-2-13(10(17)12-8(4)16)9-6(11)7(15)5(3-14)18-9;9-4-1-12(8(14)11-7(4)10)5-3-16-6(2-13)15-5/h2,5-7,9,14-15H,3H2,1H3,(H,12,16,17);1,5-6,13H,2-3H2,(H2,10,11,14)/t5-,6+,7-,9-;5-,6+/m01/s1. The molecule has 0 aliphatic carbocycles. The fraction of sp³-hybridized carbons (Fsp3) is 0.556. The summed E-state index contributed by atoms with van der Waals surface area (Å²) < 4.78 is 39.2. The van der Waals surface area contributed by atoms with Crippen molar-refractivity contribution in [3.63, 3.8) is 0 Å². The third-order valence-electron chi connectivity index (χ3n) is 5.02. The van der Waals surface area contributed by atoms with Gasteiger partial charge in [-0.25, -0.2) is 18.4 Å². The molecule has 0 radical (unpaired) electrons. The molecule has 6 atom stereocenters. The van der Waals surface area contributed by atoms with Crippen molar-refractivity contribution in [2.75, 3.05) is 24.7 Å². The summed E-state index contributed by atoms with van der Waals surface area (Å²) in [6.45, 7) is 0.743. The van der Waals surface area contributed by atoms with Crippen molar-refractivity contribution in [2.24, 2.45) is 0 Å². The number of ether oxygens (including phenoxy) is 2. The summed E-state index contributed by atoms with van der Waals surface area (Å²) in [7, 11) is 0. The zero-order valence-electron chi connectivity index (χ0n) is 17.7. The van der Waals surface area contributed by atoms with Crippen LogP contribution in [0.5, 0.6) is 0 Å². The number of rotatable bonds is 4. The number of hydrogen-bond acceptors (Lipinski definition) is 11. The average Bonchev–Trinajstić information content (AvgIpc) is 3.39. The van der Waals surface area contributed by atoms with E-state index in [0.717, 1.165) is 21.5 Å². The van der Waals surface area contributed by atoms with Gasteiger partial charge in [-0.15, -0.1) is 11.8 Å². The topological polar surface area (TPSA) is 195 Å². The second kappa shape index (κ2) is 10.7. The highest BCUT2D eigenvalue weighted by atomic mass is 32.2. The lowest BCUT2D eigenvalue weighted by atomic mass is 10.1. The van der Waals surface area contributed by atoms with E-state index in [1.54, 1.807) is 0 Å². The molecule has 2 aromatic rings. The second-order valence-corrected chi connectivity index (χ2v) is 8.55. The zero-order valence-corrected chi connectivity index (χ0v) is 18.5. The molecule has 13 nitrogen and oxygen atoms in total. The molecule has 16 heteroatoms. The summed E-state index contributed by atoms with van der Waals surface area (Å²) >= 11 is 1.35. The number of nitrogens with one attached hydrogen (secondary N) is 1. The lowest BCUT2D eigenvalue weighted by molar-refractivity contribution is -0.0492. The van der Waals surface area contributed by atoms with Crippen molar-refractivity contribution in [2.45, 2.75) is 43.2 Å². The van der Waals surface area contributed by atoms with Gasteiger partial charge in [0.15, 0.2) is 24.0 Å². The number of aromatic nitrogens is 4. The molecule has 2 aliphatic rings. The number of aromatic amines is 1. The quantitative estimate of drug-likeness (QED) is 0.306. The van der Waals surface area contributed by atoms with Crippen LogP contribution in [0.15, 0.2) is 26.8 Å². The van der Waals surface area contributed by atoms with E-state index in [9.17, 15) is 28.3 Å². The number of nitrogen functional groups attached to an aromatic ring is 1. The number of aliphatic hydroxyl groups excluding tert-OH is 3. The van der Waals surface area contributed by atoms with E-state index >= 15 is 0 Å². The summed E-state index contributed by atoms with van der Waals surface area (Å²) in [5.74, 6) is -0.734. The summed E-state index contributed by atoms with van der Waals surface area (Å²) in [5, 5.41) is 27.2. The van der Waals surface area contributed by atoms with Crippen LogP contribution in [0.25, 0.3) is 0 Å². The molecule has 2 saturated heterocycles. The van der Waals surface area contributed by atoms with Gasteiger partial charge in [0.25, 0.3) is 5.56 Å². The maximum absolute atomic E-state index is 13.8. The number of nitrogens with two attached hydrogens (primary N) is 1. The lowest BCUT2D eigenvalue weighted by Crippen LogP contribution is -2.36. The predicted molar refractivity (Wildman–Crippen MR) is 114 cm³/mol. The smallest absolute Gasteiger partial charge is 0.351 e. The van der Waals surface area contributed by atoms with Crippen molar-refractivity contribution in [1.29, 1.82) is 0 Å². The fourth-order valence-electron chi connectivity index (χ4n) is 3.20. The van der Waals surface area contributed by atoms with Gasteiger partial charge in [-0.1, -0.05) is 0 Å². The number of alkyl halides is 1. The normalized spacial score (nSPS) is 28.5. The largest absolute Gasteiger partial charge is 0.394 e. The molecule has 0 aromatic carbocycles. The number of thioether (sulfide) groups is 1. The lowest BCUT2D eigenvalue weighted by Gasteiger charge is -2.15. The Labute approximate surface area is 193 Å². The molecule has 0 amide bonds. The third kappa shape index (κ3) is 5.37. The number of anilines is 1. The summed E-state index contributed by atoms with van der Waals surface area (Å²) in [6.07, 6.45) is -4.31. The maximum atomic E-state index is 13.8. The van der Waals surface area contributed by atoms with E-state index in [1.807, 2.05) is 4.98 Å². The van der Waals surface area contributed by atoms with Crippen LogP contribution in [-0.4, -0.2) is 77.2 Å². The van der Waals surface area contributed by atoms with Gasteiger partial charge in [-0.05, 0) is 6.92 Å². The van der Waals surface area contributed by atoms with E-state index in [-0.39, 0.29) is 12.2 Å². The Kier molecular flexibility index (Phi) is 8.21. The van der Waals surface area contributed by atoms with Gasteiger partial charge in [0.2, 0.25) is 0 Å². The zero-order chi connectivity index (χ0) is 25.2. The first kappa shape index (κ1) is 26.0. The Balaban J connectivity index is 0.000000192. The molecule has 188 valence electrons. The van der Waals surface area contributed by atoms with E-state index in [1.165, 1.54) is 18.7 Å². The fourth-order valence-corrected chi connectivity index (χ4v) is 4.13. The van der Waals surface area contributed by atoms with Crippen LogP contribution >= 0.6 is 11.8 Å². The minimum absolute atomic E-state index is 0.152. The van der Waals surface area contributed by atoms with E-state index < -0.39 is 71.5 Å².